The first kappa shape index (κ1) is 50.9. The van der Waals surface area contributed by atoms with Crippen LogP contribution in [0, 0.1) is 33.8 Å². The average molecular weight is 853 g/mol. The van der Waals surface area contributed by atoms with Crippen LogP contribution in [0.15, 0.2) is 54.6 Å². The molecule has 1 aliphatic rings. The SMILES string of the molecule is CC[C@H](C)[C@@H]([C@@H](CC(=O)N1CCC[C@H]1[C@H](OC)[C@@H](C)C(=O)N[C@H](C)[C@@H](O)c1ccccc1)OC)N(C)C(=O)[C@@H](NC(=O)[C@H](C(C)C)N(C)Cc1ccc([N+](=O)[O-])cc1)C(C)C. The highest BCUT2D eigenvalue weighted by Crippen LogP contribution is 2.30. The summed E-state index contributed by atoms with van der Waals surface area (Å²) in [6, 6.07) is 12.4. The van der Waals surface area contributed by atoms with E-state index in [0.29, 0.717) is 31.5 Å². The molecule has 1 heterocycles. The van der Waals surface area contributed by atoms with Gasteiger partial charge in [-0.2, -0.15) is 0 Å². The lowest BCUT2D eigenvalue weighted by atomic mass is 9.89. The second kappa shape index (κ2) is 23.7. The van der Waals surface area contributed by atoms with Gasteiger partial charge in [0.1, 0.15) is 6.04 Å². The first-order valence-corrected chi connectivity index (χ1v) is 21.7. The van der Waals surface area contributed by atoms with E-state index in [4.69, 9.17) is 9.47 Å². The van der Waals surface area contributed by atoms with Gasteiger partial charge in [0.05, 0.1) is 59.7 Å². The Labute approximate surface area is 363 Å². The number of nitrogens with one attached hydrogen (secondary N) is 2. The van der Waals surface area contributed by atoms with Crippen LogP contribution < -0.4 is 10.6 Å². The highest BCUT2D eigenvalue weighted by molar-refractivity contribution is 5.90. The van der Waals surface area contributed by atoms with Gasteiger partial charge in [0.2, 0.25) is 23.6 Å². The Kier molecular flexibility index (Phi) is 19.8. The molecular formula is C46H72N6O9. The molecule has 15 nitrogen and oxygen atoms in total. The van der Waals surface area contributed by atoms with Crippen molar-refractivity contribution in [2.45, 2.75) is 136 Å². The van der Waals surface area contributed by atoms with Crippen molar-refractivity contribution in [1.82, 2.24) is 25.3 Å². The molecule has 0 radical (unpaired) electrons. The van der Waals surface area contributed by atoms with Gasteiger partial charge in [0.25, 0.3) is 5.69 Å². The Hall–Kier alpha value is -4.44. The molecule has 10 atom stereocenters. The Bertz CT molecular complexity index is 1730. The zero-order valence-electron chi connectivity index (χ0n) is 38.4. The van der Waals surface area contributed by atoms with Crippen LogP contribution in [0.1, 0.15) is 98.3 Å². The third-order valence-electron chi connectivity index (χ3n) is 12.4. The van der Waals surface area contributed by atoms with E-state index in [2.05, 4.69) is 10.6 Å². The fourth-order valence-electron chi connectivity index (χ4n) is 8.77. The molecule has 1 aliphatic heterocycles. The van der Waals surface area contributed by atoms with E-state index in [1.165, 1.54) is 19.2 Å². The minimum atomic E-state index is -0.899. The summed E-state index contributed by atoms with van der Waals surface area (Å²) >= 11 is 0. The number of rotatable bonds is 23. The maximum Gasteiger partial charge on any atom is 0.269 e. The molecule has 2 aromatic rings. The molecule has 1 saturated heterocycles. The first-order chi connectivity index (χ1) is 28.8. The fraction of sp³-hybridized carbons (Fsp3) is 0.652. The zero-order valence-corrected chi connectivity index (χ0v) is 38.4. The monoisotopic (exact) mass is 853 g/mol. The molecule has 0 aliphatic carbocycles. The van der Waals surface area contributed by atoms with Crippen LogP contribution in [0.4, 0.5) is 5.69 Å². The number of hydrogen-bond donors (Lipinski definition) is 3. The standard InChI is InChI=1S/C46H72N6O9/c1-13-30(6)41(50(10)46(57)39(28(2)3)48-45(56)40(29(4)5)49(9)27-33-21-23-35(24-22-33)52(58)59)37(60-11)26-38(53)51-25-17-20-36(51)43(61-12)31(7)44(55)47-32(8)42(54)34-18-15-14-16-19-34/h14-16,18-19,21-24,28-32,36-37,39-43,54H,13,17,20,25-27H2,1-12H3,(H,47,55)(H,48,56)/t30-,31+,32+,36-,37+,39-,40-,41-,42+,43+/m0/s1. The number of aliphatic hydroxyl groups excluding tert-OH is 1. The van der Waals surface area contributed by atoms with E-state index in [0.717, 1.165) is 12.0 Å². The fourth-order valence-corrected chi connectivity index (χ4v) is 8.77. The number of nitrogens with zero attached hydrogens (tertiary/aromatic N) is 4. The molecule has 0 bridgehead atoms. The first-order valence-electron chi connectivity index (χ1n) is 21.7. The van der Waals surface area contributed by atoms with Gasteiger partial charge >= 0.3 is 0 Å². The van der Waals surface area contributed by atoms with Crippen LogP contribution in [0.25, 0.3) is 0 Å². The number of nitro benzene ring substituents is 1. The number of methoxy groups -OCH3 is 2. The van der Waals surface area contributed by atoms with Gasteiger partial charge in [-0.25, -0.2) is 0 Å². The van der Waals surface area contributed by atoms with Crippen molar-refractivity contribution in [3.63, 3.8) is 0 Å². The normalized spacial score (nSPS) is 18.8. The van der Waals surface area contributed by atoms with Gasteiger partial charge in [-0.05, 0) is 55.7 Å². The summed E-state index contributed by atoms with van der Waals surface area (Å²) in [6.07, 6.45) is -0.136. The van der Waals surface area contributed by atoms with Gasteiger partial charge in [0, 0.05) is 46.5 Å². The van der Waals surface area contributed by atoms with Crippen LogP contribution in [0.2, 0.25) is 0 Å². The van der Waals surface area contributed by atoms with E-state index in [9.17, 15) is 34.4 Å². The summed E-state index contributed by atoms with van der Waals surface area (Å²) in [7, 11) is 6.60. The summed E-state index contributed by atoms with van der Waals surface area (Å²) in [6.45, 7) is 16.0. The van der Waals surface area contributed by atoms with Crippen molar-refractivity contribution in [2.75, 3.05) is 34.9 Å². The van der Waals surface area contributed by atoms with Crippen molar-refractivity contribution in [1.29, 1.82) is 0 Å². The highest BCUT2D eigenvalue weighted by atomic mass is 16.6. The topological polar surface area (TPSA) is 184 Å². The number of non-ortho nitro benzene ring substituents is 1. The van der Waals surface area contributed by atoms with Gasteiger partial charge < -0.3 is 35.0 Å². The third kappa shape index (κ3) is 13.3. The minimum Gasteiger partial charge on any atom is -0.386 e. The summed E-state index contributed by atoms with van der Waals surface area (Å²) < 4.78 is 12.0. The lowest BCUT2D eigenvalue weighted by molar-refractivity contribution is -0.384. The molecule has 0 spiro atoms. The Morgan fingerprint density at radius 3 is 2.05 bits per heavy atom. The van der Waals surface area contributed by atoms with Crippen molar-refractivity contribution in [3.05, 3.63) is 75.8 Å². The summed E-state index contributed by atoms with van der Waals surface area (Å²) in [4.78, 5) is 72.4. The van der Waals surface area contributed by atoms with E-state index in [1.807, 2.05) is 83.8 Å². The molecule has 4 amide bonds. The van der Waals surface area contributed by atoms with Crippen molar-refractivity contribution in [3.8, 4) is 0 Å². The van der Waals surface area contributed by atoms with Gasteiger partial charge in [-0.15, -0.1) is 0 Å². The van der Waals surface area contributed by atoms with Crippen molar-refractivity contribution >= 4 is 29.3 Å². The summed E-state index contributed by atoms with van der Waals surface area (Å²) in [5.74, 6) is -2.18. The van der Waals surface area contributed by atoms with Crippen LogP contribution in [-0.4, -0.2) is 126 Å². The number of nitro groups is 1. The van der Waals surface area contributed by atoms with E-state index in [1.54, 1.807) is 49.9 Å². The number of aliphatic hydroxyl groups is 1. The smallest absolute Gasteiger partial charge is 0.269 e. The van der Waals surface area contributed by atoms with Gasteiger partial charge in [-0.1, -0.05) is 97.4 Å². The molecule has 0 saturated carbocycles. The van der Waals surface area contributed by atoms with Gasteiger partial charge in [0.15, 0.2) is 0 Å². The number of likely N-dealkylation sites (N-methyl/N-ethyl adjacent to an activating group) is 2. The number of likely N-dealkylation sites (tertiary alicyclic amines) is 1. The summed E-state index contributed by atoms with van der Waals surface area (Å²) in [5, 5.41) is 28.0. The number of carbonyl (C=O) groups excluding carboxylic acids is 4. The molecule has 2 aromatic carbocycles. The Morgan fingerprint density at radius 2 is 1.52 bits per heavy atom. The quantitative estimate of drug-likeness (QED) is 0.0974. The number of ether oxygens (including phenoxy) is 2. The maximum absolute atomic E-state index is 14.5. The third-order valence-corrected chi connectivity index (χ3v) is 12.4. The average Bonchev–Trinajstić information content (AvgIpc) is 3.72. The predicted octanol–water partition coefficient (Wildman–Crippen LogP) is 5.35. The number of benzene rings is 2. The number of carbonyl (C=O) groups is 4. The minimum absolute atomic E-state index is 0.0124. The zero-order chi connectivity index (χ0) is 45.7. The highest BCUT2D eigenvalue weighted by Gasteiger charge is 2.43. The van der Waals surface area contributed by atoms with E-state index >= 15 is 0 Å². The molecular weight excluding hydrogens is 781 g/mol. The molecule has 340 valence electrons. The largest absolute Gasteiger partial charge is 0.386 e. The lowest BCUT2D eigenvalue weighted by Gasteiger charge is -2.41. The maximum atomic E-state index is 14.5. The number of hydrogen-bond acceptors (Lipinski definition) is 10. The second-order valence-electron chi connectivity index (χ2n) is 17.5. The van der Waals surface area contributed by atoms with Crippen LogP contribution in [0.3, 0.4) is 0 Å². The molecule has 0 unspecified atom stereocenters. The Morgan fingerprint density at radius 1 is 0.902 bits per heavy atom. The van der Waals surface area contributed by atoms with E-state index < -0.39 is 53.3 Å². The van der Waals surface area contributed by atoms with Crippen LogP contribution in [0.5, 0.6) is 0 Å². The van der Waals surface area contributed by atoms with Crippen molar-refractivity contribution in [2.24, 2.45) is 23.7 Å². The Balaban J connectivity index is 1.77. The molecule has 15 heteroatoms. The molecule has 61 heavy (non-hydrogen) atoms. The van der Waals surface area contributed by atoms with Crippen molar-refractivity contribution < 1.29 is 38.7 Å². The van der Waals surface area contributed by atoms with Gasteiger partial charge in [-0.3, -0.25) is 34.2 Å². The molecule has 3 rings (SSSR count). The number of amides is 4. The second-order valence-corrected chi connectivity index (χ2v) is 17.5. The molecule has 0 aromatic heterocycles. The molecule has 1 fully saturated rings. The predicted molar refractivity (Wildman–Crippen MR) is 235 cm³/mol. The lowest BCUT2D eigenvalue weighted by Crippen LogP contribution is -2.60. The molecule has 3 N–H and O–H groups in total. The van der Waals surface area contributed by atoms with Crippen LogP contribution >= 0.6 is 0 Å². The van der Waals surface area contributed by atoms with E-state index in [-0.39, 0.29) is 59.5 Å². The summed E-state index contributed by atoms with van der Waals surface area (Å²) in [5.41, 5.74) is 1.49. The van der Waals surface area contributed by atoms with Crippen LogP contribution in [-0.2, 0) is 35.2 Å².